The Morgan fingerprint density at radius 3 is 2.08 bits per heavy atom. The second-order valence-electron chi connectivity index (χ2n) is 8.30. The predicted octanol–water partition coefficient (Wildman–Crippen LogP) is 4.70. The average molecular weight is 511 g/mol. The van der Waals surface area contributed by atoms with Crippen molar-refractivity contribution in [1.29, 1.82) is 0 Å². The van der Waals surface area contributed by atoms with Crippen LogP contribution >= 0.6 is 0 Å². The number of hydrogen-bond acceptors (Lipinski definition) is 5. The summed E-state index contributed by atoms with van der Waals surface area (Å²) in [6, 6.07) is 19.9. The molecule has 192 valence electrons. The number of ether oxygens (including phenoxy) is 2. The van der Waals surface area contributed by atoms with Crippen molar-refractivity contribution in [3.63, 3.8) is 0 Å². The molecule has 3 aromatic rings. The van der Waals surface area contributed by atoms with Gasteiger partial charge in [-0.3, -0.25) is 4.79 Å². The number of nitrogens with one attached hydrogen (secondary N) is 1. The van der Waals surface area contributed by atoms with Crippen LogP contribution in [-0.4, -0.2) is 45.9 Å². The van der Waals surface area contributed by atoms with Crippen LogP contribution in [0.4, 0.5) is 5.69 Å². The Morgan fingerprint density at radius 2 is 1.50 bits per heavy atom. The van der Waals surface area contributed by atoms with Crippen LogP contribution in [0.25, 0.3) is 0 Å². The Bertz CT molecular complexity index is 1250. The lowest BCUT2D eigenvalue weighted by Crippen LogP contribution is -2.39. The lowest BCUT2D eigenvalue weighted by molar-refractivity contribution is -0.116. The minimum Gasteiger partial charge on any atom is -0.493 e. The van der Waals surface area contributed by atoms with Gasteiger partial charge < -0.3 is 14.8 Å². The summed E-state index contributed by atoms with van der Waals surface area (Å²) in [4.78, 5) is 13.2. The van der Waals surface area contributed by atoms with Crippen molar-refractivity contribution in [1.82, 2.24) is 4.31 Å². The molecular formula is C28H34N2O5S. The minimum absolute atomic E-state index is 0.0317. The number of carbonyl (C=O) groups excluding carboxylic acids is 1. The number of sulfonamides is 1. The van der Waals surface area contributed by atoms with Crippen LogP contribution in [0.2, 0.25) is 0 Å². The van der Waals surface area contributed by atoms with Crippen molar-refractivity contribution in [3.05, 3.63) is 83.4 Å². The Morgan fingerprint density at radius 1 is 0.861 bits per heavy atom. The maximum atomic E-state index is 13.7. The van der Waals surface area contributed by atoms with Gasteiger partial charge in [-0.15, -0.1) is 0 Å². The largest absolute Gasteiger partial charge is 0.493 e. The van der Waals surface area contributed by atoms with E-state index in [0.29, 0.717) is 17.9 Å². The van der Waals surface area contributed by atoms with Crippen LogP contribution in [0.3, 0.4) is 0 Å². The van der Waals surface area contributed by atoms with Gasteiger partial charge in [-0.1, -0.05) is 62.4 Å². The fourth-order valence-corrected chi connectivity index (χ4v) is 5.46. The number of carbonyl (C=O) groups is 1. The fourth-order valence-electron chi connectivity index (χ4n) is 4.05. The molecule has 0 radical (unpaired) electrons. The second kappa shape index (κ2) is 12.6. The zero-order chi connectivity index (χ0) is 26.1. The molecule has 0 aliphatic rings. The Labute approximate surface area is 214 Å². The molecule has 3 aromatic carbocycles. The van der Waals surface area contributed by atoms with Crippen molar-refractivity contribution in [3.8, 4) is 11.5 Å². The van der Waals surface area contributed by atoms with Gasteiger partial charge in [0.05, 0.1) is 25.7 Å². The Kier molecular flexibility index (Phi) is 9.50. The molecule has 0 fully saturated rings. The van der Waals surface area contributed by atoms with E-state index in [0.717, 1.165) is 35.2 Å². The zero-order valence-electron chi connectivity index (χ0n) is 21.3. The number of anilines is 1. The normalized spacial score (nSPS) is 11.4. The Hall–Kier alpha value is -3.36. The molecule has 0 aromatic heterocycles. The molecule has 1 amide bonds. The maximum Gasteiger partial charge on any atom is 0.243 e. The van der Waals surface area contributed by atoms with Gasteiger partial charge in [0.1, 0.15) is 0 Å². The standard InChI is InChI=1S/C28H34N2O5S/c1-5-22-13-10-14-23(6-2)28(22)29-27(31)20-30(18-17-21-11-8-7-9-12-21)36(32,33)24-15-16-25(34-3)26(19-24)35-4/h7-16,19H,5-6,17-18,20H2,1-4H3,(H,29,31). The highest BCUT2D eigenvalue weighted by Crippen LogP contribution is 2.31. The molecule has 0 spiro atoms. The van der Waals surface area contributed by atoms with Crippen molar-refractivity contribution >= 4 is 21.6 Å². The van der Waals surface area contributed by atoms with E-state index in [1.807, 2.05) is 62.4 Å². The van der Waals surface area contributed by atoms with Gasteiger partial charge in [-0.05, 0) is 48.1 Å². The number of hydrogen-bond donors (Lipinski definition) is 1. The van der Waals surface area contributed by atoms with E-state index in [4.69, 9.17) is 9.47 Å². The molecule has 0 unspecified atom stereocenters. The number of para-hydroxylation sites is 1. The first-order valence-corrected chi connectivity index (χ1v) is 13.4. The third kappa shape index (κ3) is 6.44. The van der Waals surface area contributed by atoms with Crippen LogP contribution in [0, 0.1) is 0 Å². The summed E-state index contributed by atoms with van der Waals surface area (Å²) in [6.07, 6.45) is 1.97. The van der Waals surface area contributed by atoms with E-state index in [-0.39, 0.29) is 23.9 Å². The van der Waals surface area contributed by atoms with Gasteiger partial charge in [-0.25, -0.2) is 8.42 Å². The molecule has 7 nitrogen and oxygen atoms in total. The first-order valence-electron chi connectivity index (χ1n) is 12.0. The smallest absolute Gasteiger partial charge is 0.243 e. The van der Waals surface area contributed by atoms with E-state index in [2.05, 4.69) is 5.32 Å². The molecule has 1 N–H and O–H groups in total. The van der Waals surface area contributed by atoms with E-state index in [9.17, 15) is 13.2 Å². The molecule has 0 saturated heterocycles. The van der Waals surface area contributed by atoms with Crippen molar-refractivity contribution in [2.75, 3.05) is 32.6 Å². The third-order valence-corrected chi connectivity index (χ3v) is 7.91. The number of aryl methyl sites for hydroxylation is 2. The summed E-state index contributed by atoms with van der Waals surface area (Å²) >= 11 is 0. The molecule has 3 rings (SSSR count). The SMILES string of the molecule is CCc1cccc(CC)c1NC(=O)CN(CCc1ccccc1)S(=O)(=O)c1ccc(OC)c(OC)c1. The van der Waals surface area contributed by atoms with Crippen molar-refractivity contribution in [2.24, 2.45) is 0 Å². The van der Waals surface area contributed by atoms with Gasteiger partial charge in [0.15, 0.2) is 11.5 Å². The van der Waals surface area contributed by atoms with E-state index >= 15 is 0 Å². The van der Waals surface area contributed by atoms with E-state index in [1.165, 1.54) is 30.7 Å². The monoisotopic (exact) mass is 510 g/mol. The van der Waals surface area contributed by atoms with Gasteiger partial charge in [0, 0.05) is 18.3 Å². The third-order valence-electron chi connectivity index (χ3n) is 6.07. The molecule has 0 aliphatic heterocycles. The Balaban J connectivity index is 1.92. The molecule has 0 saturated carbocycles. The minimum atomic E-state index is -4.01. The van der Waals surface area contributed by atoms with Crippen molar-refractivity contribution in [2.45, 2.75) is 38.0 Å². The van der Waals surface area contributed by atoms with Crippen LogP contribution in [0.15, 0.2) is 71.6 Å². The molecule has 0 aliphatic carbocycles. The molecule has 0 bridgehead atoms. The molecular weight excluding hydrogens is 476 g/mol. The molecule has 0 atom stereocenters. The highest BCUT2D eigenvalue weighted by Gasteiger charge is 2.28. The summed E-state index contributed by atoms with van der Waals surface area (Å²) < 4.78 is 39.2. The van der Waals surface area contributed by atoms with E-state index < -0.39 is 10.0 Å². The van der Waals surface area contributed by atoms with Crippen LogP contribution < -0.4 is 14.8 Å². The lowest BCUT2D eigenvalue weighted by atomic mass is 10.0. The summed E-state index contributed by atoms with van der Waals surface area (Å²) in [5.74, 6) is 0.339. The number of nitrogens with zero attached hydrogens (tertiary/aromatic N) is 1. The second-order valence-corrected chi connectivity index (χ2v) is 10.2. The summed E-state index contributed by atoms with van der Waals surface area (Å²) in [5, 5.41) is 2.98. The first-order chi connectivity index (χ1) is 17.3. The van der Waals surface area contributed by atoms with Gasteiger partial charge in [0.25, 0.3) is 0 Å². The summed E-state index contributed by atoms with van der Waals surface area (Å²) in [5.41, 5.74) is 3.77. The van der Waals surface area contributed by atoms with Crippen LogP contribution in [0.5, 0.6) is 11.5 Å². The molecule has 0 heterocycles. The zero-order valence-corrected chi connectivity index (χ0v) is 22.1. The fraction of sp³-hybridized carbons (Fsp3) is 0.321. The van der Waals surface area contributed by atoms with Crippen LogP contribution in [-0.2, 0) is 34.1 Å². The first kappa shape index (κ1) is 27.2. The maximum absolute atomic E-state index is 13.7. The van der Waals surface area contributed by atoms with Gasteiger partial charge >= 0.3 is 0 Å². The number of rotatable bonds is 12. The average Bonchev–Trinajstić information content (AvgIpc) is 2.91. The quantitative estimate of drug-likeness (QED) is 0.382. The molecule has 36 heavy (non-hydrogen) atoms. The van der Waals surface area contributed by atoms with E-state index in [1.54, 1.807) is 6.07 Å². The van der Waals surface area contributed by atoms with Gasteiger partial charge in [-0.2, -0.15) is 4.31 Å². The summed E-state index contributed by atoms with van der Waals surface area (Å²) in [6.45, 7) is 3.88. The number of amides is 1. The summed E-state index contributed by atoms with van der Waals surface area (Å²) in [7, 11) is -1.07. The highest BCUT2D eigenvalue weighted by atomic mass is 32.2. The topological polar surface area (TPSA) is 84.9 Å². The highest BCUT2D eigenvalue weighted by molar-refractivity contribution is 7.89. The van der Waals surface area contributed by atoms with Gasteiger partial charge in [0.2, 0.25) is 15.9 Å². The number of benzene rings is 3. The molecule has 8 heteroatoms. The van der Waals surface area contributed by atoms with Crippen LogP contribution in [0.1, 0.15) is 30.5 Å². The number of methoxy groups -OCH3 is 2. The lowest BCUT2D eigenvalue weighted by Gasteiger charge is -2.23. The van der Waals surface area contributed by atoms with Crippen molar-refractivity contribution < 1.29 is 22.7 Å². The predicted molar refractivity (Wildman–Crippen MR) is 142 cm³/mol.